The predicted octanol–water partition coefficient (Wildman–Crippen LogP) is 3.34. The molecule has 1 rings (SSSR count). The van der Waals surface area contributed by atoms with E-state index in [1.165, 1.54) is 31.4 Å². The molecule has 0 saturated heterocycles. The Hall–Kier alpha value is -1.98. The van der Waals surface area contributed by atoms with Crippen molar-refractivity contribution in [3.8, 4) is 5.75 Å². The number of alkyl halides is 2. The molecule has 1 aromatic carbocycles. The van der Waals surface area contributed by atoms with E-state index in [0.717, 1.165) is 31.4 Å². The minimum Gasteiger partial charge on any atom is -0.541 e. The topological polar surface area (TPSA) is 66.4 Å². The van der Waals surface area contributed by atoms with Crippen molar-refractivity contribution in [1.82, 2.24) is 0 Å². The highest BCUT2D eigenvalue weighted by Crippen LogP contribution is 2.22. The summed E-state index contributed by atoms with van der Waals surface area (Å²) < 4.78 is 29.7. The van der Waals surface area contributed by atoms with E-state index in [1.807, 2.05) is 0 Å². The van der Waals surface area contributed by atoms with Crippen LogP contribution < -0.4 is 9.84 Å². The molecule has 0 aliphatic carbocycles. The highest BCUT2D eigenvalue weighted by Gasteiger charge is 2.33. The van der Waals surface area contributed by atoms with Crippen LogP contribution in [0.25, 0.3) is 0 Å². The summed E-state index contributed by atoms with van der Waals surface area (Å²) in [5, 5.41) is 10.2. The summed E-state index contributed by atoms with van der Waals surface area (Å²) in [5.74, 6) is -3.02. The minimum absolute atomic E-state index is 0.0706. The van der Waals surface area contributed by atoms with Crippen LogP contribution in [-0.4, -0.2) is 17.9 Å². The van der Waals surface area contributed by atoms with Crippen LogP contribution in [-0.2, 0) is 4.79 Å². The molecule has 23 heavy (non-hydrogen) atoms. The van der Waals surface area contributed by atoms with Gasteiger partial charge in [-0.15, -0.1) is 0 Å². The van der Waals surface area contributed by atoms with Gasteiger partial charge < -0.3 is 14.6 Å². The maximum Gasteiger partial charge on any atom is 0.441 e. The number of benzene rings is 1. The fourth-order valence-corrected chi connectivity index (χ4v) is 2.11. The average molecular weight is 327 g/mol. The Bertz CT molecular complexity index is 512. The normalized spacial score (nSPS) is 11.3. The second-order valence-corrected chi connectivity index (χ2v) is 5.37. The number of unbranched alkanes of at least 4 members (excludes halogenated alkanes) is 5. The first-order valence-corrected chi connectivity index (χ1v) is 7.78. The van der Waals surface area contributed by atoms with E-state index in [4.69, 9.17) is 0 Å². The predicted molar refractivity (Wildman–Crippen MR) is 79.3 cm³/mol. The van der Waals surface area contributed by atoms with Crippen molar-refractivity contribution in [2.45, 2.75) is 58.0 Å². The number of halogens is 2. The van der Waals surface area contributed by atoms with Gasteiger partial charge in [-0.05, 0) is 30.7 Å². The number of carbonyl (C=O) groups excluding carboxylic acids is 2. The highest BCUT2D eigenvalue weighted by molar-refractivity contribution is 5.96. The Morgan fingerprint density at radius 2 is 1.61 bits per heavy atom. The van der Waals surface area contributed by atoms with E-state index in [9.17, 15) is 23.5 Å². The first-order chi connectivity index (χ1) is 10.9. The number of carboxylic acid groups (broad SMARTS) is 1. The maximum absolute atomic E-state index is 12.8. The third-order valence-electron chi connectivity index (χ3n) is 3.42. The monoisotopic (exact) mass is 327 g/mol. The number of carbonyl (C=O) groups is 2. The molecular formula is C17H21F2O4-. The molecule has 6 heteroatoms. The molecule has 4 nitrogen and oxygen atoms in total. The summed E-state index contributed by atoms with van der Waals surface area (Å²) in [6.45, 7) is 2.14. The second kappa shape index (κ2) is 9.22. The average Bonchev–Trinajstić information content (AvgIpc) is 2.50. The molecule has 1 aromatic rings. The molecule has 0 spiro atoms. The van der Waals surface area contributed by atoms with E-state index in [1.54, 1.807) is 0 Å². The van der Waals surface area contributed by atoms with Crippen LogP contribution >= 0.6 is 0 Å². The molecule has 0 aliphatic rings. The van der Waals surface area contributed by atoms with Crippen LogP contribution in [0.1, 0.15) is 62.2 Å². The van der Waals surface area contributed by atoms with E-state index < -0.39 is 12.1 Å². The summed E-state index contributed by atoms with van der Waals surface area (Å²) >= 11 is 0. The molecule has 0 heterocycles. The van der Waals surface area contributed by atoms with Crippen molar-refractivity contribution < 1.29 is 28.2 Å². The third-order valence-corrected chi connectivity index (χ3v) is 3.42. The zero-order chi connectivity index (χ0) is 17.3. The number of ether oxygens (including phenoxy) is 1. The molecule has 0 unspecified atom stereocenters. The van der Waals surface area contributed by atoms with Gasteiger partial charge in [-0.3, -0.25) is 4.79 Å². The van der Waals surface area contributed by atoms with Crippen molar-refractivity contribution in [3.05, 3.63) is 29.8 Å². The zero-order valence-electron chi connectivity index (χ0n) is 13.1. The molecular weight excluding hydrogens is 306 g/mol. The number of hydrogen-bond acceptors (Lipinski definition) is 4. The third kappa shape index (κ3) is 6.76. The molecule has 0 radical (unpaired) electrons. The molecule has 0 fully saturated rings. The van der Waals surface area contributed by atoms with Gasteiger partial charge in [0.2, 0.25) is 0 Å². The van der Waals surface area contributed by atoms with E-state index >= 15 is 0 Å². The Morgan fingerprint density at radius 1 is 1.04 bits per heavy atom. The first kappa shape index (κ1) is 19.1. The number of hydrogen-bond donors (Lipinski definition) is 0. The van der Waals surface area contributed by atoms with Crippen LogP contribution in [0.5, 0.6) is 5.75 Å². The Balaban J connectivity index is 2.43. The highest BCUT2D eigenvalue weighted by atomic mass is 19.3. The molecule has 0 atom stereocenters. The Labute approximate surface area is 134 Å². The summed E-state index contributed by atoms with van der Waals surface area (Å²) in [4.78, 5) is 22.1. The lowest BCUT2D eigenvalue weighted by atomic mass is 10.0. The molecule has 0 bridgehead atoms. The van der Waals surface area contributed by atoms with Gasteiger partial charge in [-0.1, -0.05) is 39.0 Å². The van der Waals surface area contributed by atoms with Crippen molar-refractivity contribution in [2.24, 2.45) is 0 Å². The van der Waals surface area contributed by atoms with E-state index in [0.29, 0.717) is 12.0 Å². The van der Waals surface area contributed by atoms with Gasteiger partial charge in [0.1, 0.15) is 5.75 Å². The van der Waals surface area contributed by atoms with E-state index in [2.05, 4.69) is 11.7 Å². The van der Waals surface area contributed by atoms with Crippen molar-refractivity contribution in [3.63, 3.8) is 0 Å². The van der Waals surface area contributed by atoms with Crippen LogP contribution in [0.3, 0.4) is 0 Å². The van der Waals surface area contributed by atoms with Crippen LogP contribution in [0, 0.1) is 0 Å². The number of ketones is 1. The van der Waals surface area contributed by atoms with Crippen molar-refractivity contribution in [2.75, 3.05) is 0 Å². The van der Waals surface area contributed by atoms with Gasteiger partial charge in [0.05, 0.1) is 0 Å². The SMILES string of the molecule is CCCCCCCCC(=O)c1ccc(OC(F)(F)C(=O)[O-])cc1. The summed E-state index contributed by atoms with van der Waals surface area (Å²) in [6, 6.07) is 4.98. The van der Waals surface area contributed by atoms with Crippen molar-refractivity contribution >= 4 is 11.8 Å². The van der Waals surface area contributed by atoms with Crippen LogP contribution in [0.4, 0.5) is 8.78 Å². The van der Waals surface area contributed by atoms with Gasteiger partial charge in [0.15, 0.2) is 11.8 Å². The van der Waals surface area contributed by atoms with Gasteiger partial charge in [-0.2, -0.15) is 8.78 Å². The van der Waals surface area contributed by atoms with Crippen LogP contribution in [0.2, 0.25) is 0 Å². The van der Waals surface area contributed by atoms with Gasteiger partial charge in [0, 0.05) is 12.0 Å². The lowest BCUT2D eigenvalue weighted by molar-refractivity contribution is -0.350. The lowest BCUT2D eigenvalue weighted by Gasteiger charge is -2.18. The molecule has 128 valence electrons. The number of aliphatic carboxylic acids is 1. The number of Topliss-reactive ketones (excluding diaryl/α,β-unsaturated/α-hetero) is 1. The fourth-order valence-electron chi connectivity index (χ4n) is 2.11. The first-order valence-electron chi connectivity index (χ1n) is 7.78. The number of rotatable bonds is 11. The summed E-state index contributed by atoms with van der Waals surface area (Å²) in [5.41, 5.74) is 0.391. The van der Waals surface area contributed by atoms with E-state index in [-0.39, 0.29) is 11.5 Å². The molecule has 0 aromatic heterocycles. The Kier molecular flexibility index (Phi) is 7.65. The van der Waals surface area contributed by atoms with Crippen molar-refractivity contribution in [1.29, 1.82) is 0 Å². The Morgan fingerprint density at radius 3 is 2.17 bits per heavy atom. The molecule has 0 saturated carbocycles. The number of carboxylic acids is 1. The zero-order valence-corrected chi connectivity index (χ0v) is 13.1. The smallest absolute Gasteiger partial charge is 0.441 e. The summed E-state index contributed by atoms with van der Waals surface area (Å²) in [7, 11) is 0. The van der Waals surface area contributed by atoms with Gasteiger partial charge >= 0.3 is 6.11 Å². The minimum atomic E-state index is -4.40. The molecule has 0 aliphatic heterocycles. The maximum atomic E-state index is 12.8. The largest absolute Gasteiger partial charge is 0.541 e. The van der Waals surface area contributed by atoms with Gasteiger partial charge in [0.25, 0.3) is 0 Å². The fraction of sp³-hybridized carbons (Fsp3) is 0.529. The van der Waals surface area contributed by atoms with Crippen LogP contribution in [0.15, 0.2) is 24.3 Å². The second-order valence-electron chi connectivity index (χ2n) is 5.37. The van der Waals surface area contributed by atoms with Gasteiger partial charge in [-0.25, -0.2) is 0 Å². The summed E-state index contributed by atoms with van der Waals surface area (Å²) in [6.07, 6.45) is 2.44. The molecule has 0 N–H and O–H groups in total. The quantitative estimate of drug-likeness (QED) is 0.462. The molecule has 0 amide bonds. The lowest BCUT2D eigenvalue weighted by Crippen LogP contribution is -2.45. The standard InChI is InChI=1S/C17H22F2O4/c1-2-3-4-5-6-7-8-15(20)13-9-11-14(12-10-13)23-17(18,19)16(21)22/h9-12H,2-8H2,1H3,(H,21,22)/p-1.